The number of rotatable bonds is 2. The van der Waals surface area contributed by atoms with Gasteiger partial charge in [0.1, 0.15) is 0 Å². The molecule has 0 aromatic rings. The van der Waals surface area contributed by atoms with Crippen LogP contribution in [0.15, 0.2) is 4.99 Å². The van der Waals surface area contributed by atoms with Crippen molar-refractivity contribution in [3.63, 3.8) is 0 Å². The maximum atomic E-state index is 8.61. The van der Waals surface area contributed by atoms with Crippen molar-refractivity contribution in [1.82, 2.24) is 4.90 Å². The first-order valence-corrected chi connectivity index (χ1v) is 3.57. The van der Waals surface area contributed by atoms with E-state index in [-0.39, 0.29) is 12.6 Å². The molecule has 0 aliphatic rings. The number of hydrogen-bond acceptors (Lipinski definition) is 2. The van der Waals surface area contributed by atoms with E-state index in [1.807, 2.05) is 21.0 Å². The molecule has 1 atom stereocenters. The third kappa shape index (κ3) is 3.74. The van der Waals surface area contributed by atoms with E-state index in [0.29, 0.717) is 5.17 Å². The van der Waals surface area contributed by atoms with E-state index in [9.17, 15) is 0 Å². The minimum atomic E-state index is -0.0603. The van der Waals surface area contributed by atoms with Crippen molar-refractivity contribution < 1.29 is 5.11 Å². The van der Waals surface area contributed by atoms with Gasteiger partial charge < -0.3 is 10.0 Å². The summed E-state index contributed by atoms with van der Waals surface area (Å²) in [5.41, 5.74) is 0. The second-order valence-electron chi connectivity index (χ2n) is 2.36. The Morgan fingerprint density at radius 3 is 2.50 bits per heavy atom. The number of hydrogen-bond donors (Lipinski definition) is 2. The van der Waals surface area contributed by atoms with Crippen LogP contribution in [0, 0.1) is 0 Å². The van der Waals surface area contributed by atoms with Gasteiger partial charge in [-0.15, -0.1) is 12.6 Å². The van der Waals surface area contributed by atoms with Crippen LogP contribution in [-0.4, -0.2) is 41.9 Å². The number of aliphatic hydroxyl groups excluding tert-OH is 1. The fourth-order valence-electron chi connectivity index (χ4n) is 0.353. The Balaban J connectivity index is 3.89. The third-order valence-electron chi connectivity index (χ3n) is 1.00. The van der Waals surface area contributed by atoms with Crippen LogP contribution >= 0.6 is 12.6 Å². The van der Waals surface area contributed by atoms with Crippen molar-refractivity contribution in [2.75, 3.05) is 20.7 Å². The molecule has 0 aromatic heterocycles. The van der Waals surface area contributed by atoms with Gasteiger partial charge in [-0.3, -0.25) is 4.99 Å². The molecule has 1 N–H and O–H groups in total. The van der Waals surface area contributed by atoms with E-state index in [0.717, 1.165) is 0 Å². The molecule has 4 heteroatoms. The summed E-state index contributed by atoms with van der Waals surface area (Å²) in [6.45, 7) is 1.90. The Kier molecular flexibility index (Phi) is 4.47. The lowest BCUT2D eigenvalue weighted by Gasteiger charge is -2.11. The predicted octanol–water partition coefficient (Wildman–Crippen LogP) is 0.215. The highest BCUT2D eigenvalue weighted by Gasteiger charge is 1.98. The van der Waals surface area contributed by atoms with E-state index < -0.39 is 0 Å². The lowest BCUT2D eigenvalue weighted by molar-refractivity contribution is 0.274. The molecule has 3 nitrogen and oxygen atoms in total. The topological polar surface area (TPSA) is 35.8 Å². The summed E-state index contributed by atoms with van der Waals surface area (Å²) >= 11 is 4.08. The second kappa shape index (κ2) is 4.57. The first-order valence-electron chi connectivity index (χ1n) is 3.13. The number of aliphatic hydroxyl groups is 1. The SMILES string of the molecule is CC(CO)/N=C(\S)N(C)C. The van der Waals surface area contributed by atoms with Gasteiger partial charge >= 0.3 is 0 Å². The molecule has 0 rings (SSSR count). The van der Waals surface area contributed by atoms with E-state index >= 15 is 0 Å². The highest BCUT2D eigenvalue weighted by Crippen LogP contribution is 1.94. The standard InChI is InChI=1S/C6H14N2OS/c1-5(4-9)7-6(10)8(2)3/h5,9H,4H2,1-3H3,(H,7,10). The Bertz CT molecular complexity index is 125. The highest BCUT2D eigenvalue weighted by molar-refractivity contribution is 7.96. The van der Waals surface area contributed by atoms with Gasteiger partial charge in [-0.25, -0.2) is 0 Å². The lowest BCUT2D eigenvalue weighted by Crippen LogP contribution is -2.19. The smallest absolute Gasteiger partial charge is 0.155 e. The molecule has 0 saturated carbocycles. The Morgan fingerprint density at radius 2 is 2.20 bits per heavy atom. The first kappa shape index (κ1) is 9.78. The molecule has 0 saturated heterocycles. The Morgan fingerprint density at radius 1 is 1.70 bits per heavy atom. The number of nitrogens with zero attached hydrogens (tertiary/aromatic N) is 2. The summed E-state index contributed by atoms with van der Waals surface area (Å²) < 4.78 is 0. The molecule has 0 fully saturated rings. The summed E-state index contributed by atoms with van der Waals surface area (Å²) in [6, 6.07) is -0.0603. The zero-order valence-corrected chi connectivity index (χ0v) is 7.47. The van der Waals surface area contributed by atoms with Gasteiger partial charge in [-0.1, -0.05) is 0 Å². The summed E-state index contributed by atoms with van der Waals surface area (Å²) in [6.07, 6.45) is 0. The fourth-order valence-corrected chi connectivity index (χ4v) is 0.551. The van der Waals surface area contributed by atoms with Crippen LogP contribution in [0.4, 0.5) is 0 Å². The molecule has 0 aliphatic carbocycles. The largest absolute Gasteiger partial charge is 0.394 e. The first-order chi connectivity index (χ1) is 4.57. The van der Waals surface area contributed by atoms with Gasteiger partial charge in [-0.05, 0) is 6.92 Å². The van der Waals surface area contributed by atoms with Crippen LogP contribution in [0.5, 0.6) is 0 Å². The van der Waals surface area contributed by atoms with Crippen LogP contribution in [-0.2, 0) is 0 Å². The summed E-state index contributed by atoms with van der Waals surface area (Å²) in [7, 11) is 3.71. The van der Waals surface area contributed by atoms with Crippen molar-refractivity contribution in [2.45, 2.75) is 13.0 Å². The van der Waals surface area contributed by atoms with Gasteiger partial charge in [-0.2, -0.15) is 0 Å². The normalized spacial score (nSPS) is 15.1. The van der Waals surface area contributed by atoms with Gasteiger partial charge in [0.25, 0.3) is 0 Å². The number of thiol groups is 1. The van der Waals surface area contributed by atoms with Gasteiger partial charge in [0, 0.05) is 14.1 Å². The molecular formula is C6H14N2OS. The van der Waals surface area contributed by atoms with Crippen LogP contribution < -0.4 is 0 Å². The van der Waals surface area contributed by atoms with Crippen molar-refractivity contribution in [3.8, 4) is 0 Å². The van der Waals surface area contributed by atoms with Crippen LogP contribution in [0.25, 0.3) is 0 Å². The molecule has 0 bridgehead atoms. The lowest BCUT2D eigenvalue weighted by atomic mass is 10.4. The molecule has 60 valence electrons. The summed E-state index contributed by atoms with van der Waals surface area (Å²) in [4.78, 5) is 5.84. The van der Waals surface area contributed by atoms with E-state index in [1.54, 1.807) is 4.90 Å². The highest BCUT2D eigenvalue weighted by atomic mass is 32.1. The zero-order valence-electron chi connectivity index (χ0n) is 6.57. The van der Waals surface area contributed by atoms with Crippen molar-refractivity contribution in [1.29, 1.82) is 0 Å². The van der Waals surface area contributed by atoms with Gasteiger partial charge in [0.15, 0.2) is 5.17 Å². The average molecular weight is 162 g/mol. The molecular weight excluding hydrogens is 148 g/mol. The number of aliphatic imine (C=N–C) groups is 1. The van der Waals surface area contributed by atoms with Crippen LogP contribution in [0.3, 0.4) is 0 Å². The monoisotopic (exact) mass is 162 g/mol. The van der Waals surface area contributed by atoms with E-state index in [1.165, 1.54) is 0 Å². The van der Waals surface area contributed by atoms with Gasteiger partial charge in [0.05, 0.1) is 12.6 Å². The van der Waals surface area contributed by atoms with Crippen LogP contribution in [0.1, 0.15) is 6.92 Å². The fraction of sp³-hybridized carbons (Fsp3) is 0.833. The molecule has 0 amide bonds. The average Bonchev–Trinajstić information content (AvgIpc) is 1.87. The molecule has 0 radical (unpaired) electrons. The van der Waals surface area contributed by atoms with E-state index in [4.69, 9.17) is 5.11 Å². The predicted molar refractivity (Wildman–Crippen MR) is 46.7 cm³/mol. The molecule has 0 aromatic carbocycles. The van der Waals surface area contributed by atoms with E-state index in [2.05, 4.69) is 17.6 Å². The molecule has 0 heterocycles. The Hall–Kier alpha value is -0.220. The Labute approximate surface area is 67.2 Å². The van der Waals surface area contributed by atoms with Crippen LogP contribution in [0.2, 0.25) is 0 Å². The molecule has 0 aliphatic heterocycles. The maximum Gasteiger partial charge on any atom is 0.155 e. The zero-order chi connectivity index (χ0) is 8.15. The third-order valence-corrected chi connectivity index (χ3v) is 1.52. The second-order valence-corrected chi connectivity index (χ2v) is 2.76. The molecule has 1 unspecified atom stereocenters. The minimum Gasteiger partial charge on any atom is -0.394 e. The van der Waals surface area contributed by atoms with Crippen molar-refractivity contribution in [2.24, 2.45) is 4.99 Å². The maximum absolute atomic E-state index is 8.61. The summed E-state index contributed by atoms with van der Waals surface area (Å²) in [5, 5.41) is 9.25. The number of amidine groups is 1. The van der Waals surface area contributed by atoms with Gasteiger partial charge in [0.2, 0.25) is 0 Å². The quantitative estimate of drug-likeness (QED) is 0.346. The summed E-state index contributed by atoms with van der Waals surface area (Å²) in [5.74, 6) is 0. The van der Waals surface area contributed by atoms with Crippen molar-refractivity contribution >= 4 is 17.8 Å². The molecule has 10 heavy (non-hydrogen) atoms. The minimum absolute atomic E-state index is 0.0603. The molecule has 0 spiro atoms. The van der Waals surface area contributed by atoms with Crippen molar-refractivity contribution in [3.05, 3.63) is 0 Å².